The maximum absolute atomic E-state index is 12.5. The SMILES string of the molecule is O=C1C(=NC2CCCCC2)C(Cl)C(=O)N1c1ccc(Cl)cc1. The quantitative estimate of drug-likeness (QED) is 0.611. The Kier molecular flexibility index (Phi) is 4.50. The largest absolute Gasteiger partial charge is 0.281 e. The zero-order chi connectivity index (χ0) is 15.7. The molecule has 0 radical (unpaired) electrons. The standard InChI is InChI=1S/C16H16Cl2N2O2/c17-10-6-8-12(9-7-10)20-15(21)13(18)14(16(20)22)19-11-4-2-1-3-5-11/h6-9,11,13H,1-5H2. The average Bonchev–Trinajstić information content (AvgIpc) is 2.73. The summed E-state index contributed by atoms with van der Waals surface area (Å²) in [6.45, 7) is 0. The van der Waals surface area contributed by atoms with Crippen LogP contribution in [0.4, 0.5) is 5.69 Å². The van der Waals surface area contributed by atoms with Crippen LogP contribution in [0.15, 0.2) is 29.3 Å². The molecule has 4 nitrogen and oxygen atoms in total. The topological polar surface area (TPSA) is 49.7 Å². The molecule has 1 saturated carbocycles. The molecule has 1 aliphatic heterocycles. The molecule has 22 heavy (non-hydrogen) atoms. The molecule has 0 aromatic heterocycles. The molecule has 2 aliphatic rings. The Labute approximate surface area is 139 Å². The van der Waals surface area contributed by atoms with Crippen molar-refractivity contribution in [2.24, 2.45) is 4.99 Å². The van der Waals surface area contributed by atoms with E-state index in [2.05, 4.69) is 4.99 Å². The first kappa shape index (κ1) is 15.5. The number of imide groups is 1. The van der Waals surface area contributed by atoms with E-state index >= 15 is 0 Å². The maximum atomic E-state index is 12.5. The number of amides is 2. The summed E-state index contributed by atoms with van der Waals surface area (Å²) >= 11 is 12.0. The number of nitrogens with zero attached hydrogens (tertiary/aromatic N) is 2. The highest BCUT2D eigenvalue weighted by Gasteiger charge is 2.45. The normalized spacial score (nSPS) is 25.3. The lowest BCUT2D eigenvalue weighted by atomic mass is 9.96. The minimum atomic E-state index is -0.995. The molecular formula is C16H16Cl2N2O2. The van der Waals surface area contributed by atoms with Crippen molar-refractivity contribution in [3.63, 3.8) is 0 Å². The van der Waals surface area contributed by atoms with Gasteiger partial charge in [-0.25, -0.2) is 4.90 Å². The van der Waals surface area contributed by atoms with Crippen molar-refractivity contribution in [2.45, 2.75) is 43.5 Å². The zero-order valence-electron chi connectivity index (χ0n) is 12.0. The van der Waals surface area contributed by atoms with Gasteiger partial charge in [0.05, 0.1) is 11.7 Å². The summed E-state index contributed by atoms with van der Waals surface area (Å²) in [6.07, 6.45) is 5.33. The number of halogens is 2. The van der Waals surface area contributed by atoms with Gasteiger partial charge in [-0.2, -0.15) is 0 Å². The van der Waals surface area contributed by atoms with Crippen molar-refractivity contribution >= 4 is 46.4 Å². The molecule has 0 spiro atoms. The van der Waals surface area contributed by atoms with E-state index in [-0.39, 0.29) is 11.8 Å². The molecule has 1 aliphatic carbocycles. The summed E-state index contributed by atoms with van der Waals surface area (Å²) in [7, 11) is 0. The monoisotopic (exact) mass is 338 g/mol. The van der Waals surface area contributed by atoms with Crippen molar-refractivity contribution in [2.75, 3.05) is 4.90 Å². The third-order valence-electron chi connectivity index (χ3n) is 4.08. The molecule has 2 fully saturated rings. The molecule has 1 aromatic carbocycles. The number of hydrogen-bond donors (Lipinski definition) is 0. The summed E-state index contributed by atoms with van der Waals surface area (Å²) in [5, 5.41) is -0.452. The molecule has 6 heteroatoms. The van der Waals surface area contributed by atoms with Crippen LogP contribution in [-0.2, 0) is 9.59 Å². The molecule has 1 atom stereocenters. The van der Waals surface area contributed by atoms with Crippen molar-refractivity contribution in [3.8, 4) is 0 Å². The van der Waals surface area contributed by atoms with Gasteiger partial charge in [0, 0.05) is 5.02 Å². The van der Waals surface area contributed by atoms with E-state index < -0.39 is 17.2 Å². The van der Waals surface area contributed by atoms with E-state index in [0.717, 1.165) is 30.6 Å². The van der Waals surface area contributed by atoms with Gasteiger partial charge < -0.3 is 0 Å². The number of carbonyl (C=O) groups excluding carboxylic acids is 2. The van der Waals surface area contributed by atoms with Gasteiger partial charge >= 0.3 is 0 Å². The highest BCUT2D eigenvalue weighted by molar-refractivity contribution is 6.68. The number of rotatable bonds is 2. The van der Waals surface area contributed by atoms with Crippen LogP contribution in [0.25, 0.3) is 0 Å². The van der Waals surface area contributed by atoms with Crippen LogP contribution in [0.5, 0.6) is 0 Å². The molecule has 1 aromatic rings. The van der Waals surface area contributed by atoms with E-state index in [9.17, 15) is 9.59 Å². The molecule has 3 rings (SSSR count). The number of anilines is 1. The number of alkyl halides is 1. The van der Waals surface area contributed by atoms with Gasteiger partial charge in [0.1, 0.15) is 5.71 Å². The second kappa shape index (κ2) is 6.39. The highest BCUT2D eigenvalue weighted by atomic mass is 35.5. The summed E-state index contributed by atoms with van der Waals surface area (Å²) in [5.74, 6) is -0.860. The third kappa shape index (κ3) is 2.90. The average molecular weight is 339 g/mol. The fourth-order valence-corrected chi connectivity index (χ4v) is 3.29. The van der Waals surface area contributed by atoms with Gasteiger partial charge in [-0.15, -0.1) is 11.6 Å². The van der Waals surface area contributed by atoms with E-state index in [0.29, 0.717) is 10.7 Å². The Morgan fingerprint density at radius 2 is 1.68 bits per heavy atom. The van der Waals surface area contributed by atoms with Gasteiger partial charge in [-0.1, -0.05) is 30.9 Å². The molecule has 2 amide bonds. The number of hydrogen-bond acceptors (Lipinski definition) is 3. The van der Waals surface area contributed by atoms with Crippen molar-refractivity contribution in [1.29, 1.82) is 0 Å². The fraction of sp³-hybridized carbons (Fsp3) is 0.438. The summed E-state index contributed by atoms with van der Waals surface area (Å²) in [4.78, 5) is 30.4. The minimum Gasteiger partial charge on any atom is -0.279 e. The summed E-state index contributed by atoms with van der Waals surface area (Å²) in [6, 6.07) is 6.64. The predicted octanol–water partition coefficient (Wildman–Crippen LogP) is 3.59. The first-order valence-corrected chi connectivity index (χ1v) is 8.25. The van der Waals surface area contributed by atoms with Crippen molar-refractivity contribution in [1.82, 2.24) is 0 Å². The third-order valence-corrected chi connectivity index (χ3v) is 4.73. The van der Waals surface area contributed by atoms with Gasteiger partial charge in [0.15, 0.2) is 5.38 Å². The lowest BCUT2D eigenvalue weighted by molar-refractivity contribution is -0.120. The summed E-state index contributed by atoms with van der Waals surface area (Å²) < 4.78 is 0. The van der Waals surface area contributed by atoms with Crippen LogP contribution in [-0.4, -0.2) is 28.9 Å². The zero-order valence-corrected chi connectivity index (χ0v) is 13.5. The van der Waals surface area contributed by atoms with Gasteiger partial charge in [-0.05, 0) is 37.1 Å². The van der Waals surface area contributed by atoms with Crippen LogP contribution in [0.1, 0.15) is 32.1 Å². The van der Waals surface area contributed by atoms with Crippen LogP contribution < -0.4 is 4.90 Å². The van der Waals surface area contributed by atoms with E-state index in [1.165, 1.54) is 6.42 Å². The lowest BCUT2D eigenvalue weighted by Crippen LogP contribution is -2.31. The minimum absolute atomic E-state index is 0.104. The predicted molar refractivity (Wildman–Crippen MR) is 87.9 cm³/mol. The van der Waals surface area contributed by atoms with Crippen molar-refractivity contribution in [3.05, 3.63) is 29.3 Å². The number of carbonyl (C=O) groups is 2. The van der Waals surface area contributed by atoms with Crippen LogP contribution in [0.3, 0.4) is 0 Å². The van der Waals surface area contributed by atoms with Crippen LogP contribution >= 0.6 is 23.2 Å². The Bertz CT molecular complexity index is 622. The second-order valence-corrected chi connectivity index (χ2v) is 6.50. The smallest absolute Gasteiger partial charge is 0.279 e. The Hall–Kier alpha value is -1.39. The molecule has 1 unspecified atom stereocenters. The van der Waals surface area contributed by atoms with Crippen molar-refractivity contribution < 1.29 is 9.59 Å². The molecule has 0 N–H and O–H groups in total. The molecular weight excluding hydrogens is 323 g/mol. The molecule has 1 heterocycles. The second-order valence-electron chi connectivity index (χ2n) is 5.62. The van der Waals surface area contributed by atoms with E-state index in [1.807, 2.05) is 0 Å². The van der Waals surface area contributed by atoms with Gasteiger partial charge in [0.2, 0.25) is 0 Å². The number of aliphatic imine (C=N–C) groups is 1. The van der Waals surface area contributed by atoms with Crippen LogP contribution in [0.2, 0.25) is 5.02 Å². The lowest BCUT2D eigenvalue weighted by Gasteiger charge is -2.18. The van der Waals surface area contributed by atoms with Crippen LogP contribution in [0, 0.1) is 0 Å². The molecule has 1 saturated heterocycles. The Morgan fingerprint density at radius 1 is 1.05 bits per heavy atom. The highest BCUT2D eigenvalue weighted by Crippen LogP contribution is 2.28. The first-order chi connectivity index (χ1) is 10.6. The summed E-state index contributed by atoms with van der Waals surface area (Å²) in [5.41, 5.74) is 0.646. The van der Waals surface area contributed by atoms with Gasteiger partial charge in [0.25, 0.3) is 11.8 Å². The Morgan fingerprint density at radius 3 is 2.32 bits per heavy atom. The Balaban J connectivity index is 1.88. The number of benzene rings is 1. The molecule has 116 valence electrons. The van der Waals surface area contributed by atoms with Gasteiger partial charge in [-0.3, -0.25) is 14.6 Å². The first-order valence-electron chi connectivity index (χ1n) is 7.43. The van der Waals surface area contributed by atoms with E-state index in [1.54, 1.807) is 24.3 Å². The maximum Gasteiger partial charge on any atom is 0.281 e. The fourth-order valence-electron chi connectivity index (χ4n) is 2.92. The molecule has 0 bridgehead atoms. The van der Waals surface area contributed by atoms with E-state index in [4.69, 9.17) is 23.2 Å².